The predicted octanol–water partition coefficient (Wildman–Crippen LogP) is 2.75. The average molecular weight is 416 g/mol. The van der Waals surface area contributed by atoms with Gasteiger partial charge < -0.3 is 29.2 Å². The Morgan fingerprint density at radius 1 is 0.933 bits per heavy atom. The largest absolute Gasteiger partial charge is 0.493 e. The second-order valence-electron chi connectivity index (χ2n) is 6.68. The third-order valence-electron chi connectivity index (χ3n) is 4.36. The number of nitrogens with one attached hydrogen (secondary N) is 1. The van der Waals surface area contributed by atoms with Crippen molar-refractivity contribution in [3.63, 3.8) is 0 Å². The van der Waals surface area contributed by atoms with Crippen LogP contribution in [0.3, 0.4) is 0 Å². The number of carbonyl (C=O) groups is 2. The number of nitrogens with zero attached hydrogens (tertiary/aromatic N) is 1. The maximum absolute atomic E-state index is 12.3. The molecule has 0 atom stereocenters. The van der Waals surface area contributed by atoms with Gasteiger partial charge in [0.05, 0.1) is 21.3 Å². The smallest absolute Gasteiger partial charge is 0.259 e. The van der Waals surface area contributed by atoms with Gasteiger partial charge in [0.15, 0.2) is 18.1 Å². The number of aryl methyl sites for hydroxylation is 1. The van der Waals surface area contributed by atoms with Crippen molar-refractivity contribution in [2.45, 2.75) is 12.8 Å². The first-order chi connectivity index (χ1) is 14.4. The maximum Gasteiger partial charge on any atom is 0.259 e. The van der Waals surface area contributed by atoms with Crippen LogP contribution in [0.2, 0.25) is 0 Å². The van der Waals surface area contributed by atoms with E-state index < -0.39 is 0 Å². The van der Waals surface area contributed by atoms with Crippen LogP contribution >= 0.6 is 0 Å². The molecule has 0 bridgehead atoms. The number of ether oxygens (including phenoxy) is 4. The zero-order valence-corrected chi connectivity index (χ0v) is 18.0. The third kappa shape index (κ3) is 6.30. The van der Waals surface area contributed by atoms with Crippen LogP contribution < -0.4 is 24.3 Å². The normalized spacial score (nSPS) is 10.2. The summed E-state index contributed by atoms with van der Waals surface area (Å²) in [5.74, 6) is 1.92. The molecule has 1 N–H and O–H groups in total. The second-order valence-corrected chi connectivity index (χ2v) is 6.68. The van der Waals surface area contributed by atoms with E-state index in [-0.39, 0.29) is 24.8 Å². The van der Waals surface area contributed by atoms with Gasteiger partial charge in [-0.25, -0.2) is 0 Å². The summed E-state index contributed by atoms with van der Waals surface area (Å²) < 4.78 is 21.4. The van der Waals surface area contributed by atoms with E-state index in [2.05, 4.69) is 5.32 Å². The minimum absolute atomic E-state index is 0.0342. The molecule has 30 heavy (non-hydrogen) atoms. The van der Waals surface area contributed by atoms with Crippen LogP contribution in [0, 0.1) is 0 Å². The predicted molar refractivity (Wildman–Crippen MR) is 114 cm³/mol. The molecule has 0 radical (unpaired) electrons. The molecule has 0 aliphatic heterocycles. The summed E-state index contributed by atoms with van der Waals surface area (Å²) in [6.45, 7) is -0.0342. The molecule has 0 saturated carbocycles. The summed E-state index contributed by atoms with van der Waals surface area (Å²) in [6, 6.07) is 10.5. The van der Waals surface area contributed by atoms with Gasteiger partial charge in [0.1, 0.15) is 5.75 Å². The van der Waals surface area contributed by atoms with Crippen LogP contribution in [-0.4, -0.2) is 58.7 Å². The fourth-order valence-electron chi connectivity index (χ4n) is 2.67. The van der Waals surface area contributed by atoms with Gasteiger partial charge in [0, 0.05) is 26.2 Å². The highest BCUT2D eigenvalue weighted by Gasteiger charge is 2.14. The molecule has 0 aliphatic rings. The van der Waals surface area contributed by atoms with Crippen molar-refractivity contribution in [1.82, 2.24) is 4.90 Å². The number of hydrogen-bond acceptors (Lipinski definition) is 6. The van der Waals surface area contributed by atoms with Crippen LogP contribution in [0.4, 0.5) is 5.69 Å². The molecule has 162 valence electrons. The monoisotopic (exact) mass is 416 g/mol. The number of amides is 2. The van der Waals surface area contributed by atoms with Crippen molar-refractivity contribution in [1.29, 1.82) is 0 Å². The number of benzene rings is 2. The molecule has 0 heterocycles. The number of rotatable bonds is 10. The first-order valence-electron chi connectivity index (χ1n) is 9.39. The SMILES string of the molecule is COc1cc(CCC(=O)Nc2ccc(OCC(=O)N(C)C)cc2)cc(OC)c1OC. The summed E-state index contributed by atoms with van der Waals surface area (Å²) in [7, 11) is 7.99. The number of methoxy groups -OCH3 is 3. The zero-order valence-electron chi connectivity index (χ0n) is 18.0. The first-order valence-corrected chi connectivity index (χ1v) is 9.39. The van der Waals surface area contributed by atoms with Crippen LogP contribution in [0.5, 0.6) is 23.0 Å². The molecule has 0 fully saturated rings. The van der Waals surface area contributed by atoms with Crippen molar-refractivity contribution < 1.29 is 28.5 Å². The van der Waals surface area contributed by atoms with Gasteiger partial charge in [-0.3, -0.25) is 9.59 Å². The van der Waals surface area contributed by atoms with Crippen molar-refractivity contribution in [3.05, 3.63) is 42.0 Å². The molecular formula is C22H28N2O6. The molecule has 2 aromatic rings. The van der Waals surface area contributed by atoms with E-state index in [4.69, 9.17) is 18.9 Å². The van der Waals surface area contributed by atoms with E-state index in [9.17, 15) is 9.59 Å². The van der Waals surface area contributed by atoms with Gasteiger partial charge in [-0.05, 0) is 48.4 Å². The Morgan fingerprint density at radius 2 is 1.53 bits per heavy atom. The molecule has 0 unspecified atom stereocenters. The van der Waals surface area contributed by atoms with Gasteiger partial charge >= 0.3 is 0 Å². The molecule has 2 rings (SSSR count). The van der Waals surface area contributed by atoms with Crippen LogP contribution in [0.1, 0.15) is 12.0 Å². The molecule has 0 aliphatic carbocycles. The molecule has 2 amide bonds. The fourth-order valence-corrected chi connectivity index (χ4v) is 2.67. The van der Waals surface area contributed by atoms with E-state index in [1.54, 1.807) is 59.7 Å². The third-order valence-corrected chi connectivity index (χ3v) is 4.36. The van der Waals surface area contributed by atoms with Crippen molar-refractivity contribution >= 4 is 17.5 Å². The lowest BCUT2D eigenvalue weighted by molar-refractivity contribution is -0.130. The lowest BCUT2D eigenvalue weighted by atomic mass is 10.1. The quantitative estimate of drug-likeness (QED) is 0.641. The molecular weight excluding hydrogens is 388 g/mol. The minimum atomic E-state index is -0.126. The topological polar surface area (TPSA) is 86.3 Å². The number of anilines is 1. The summed E-state index contributed by atoms with van der Waals surface area (Å²) in [5.41, 5.74) is 1.55. The lowest BCUT2D eigenvalue weighted by Crippen LogP contribution is -2.27. The van der Waals surface area contributed by atoms with Gasteiger partial charge in [-0.1, -0.05) is 0 Å². The van der Waals surface area contributed by atoms with Crippen LogP contribution in [0.25, 0.3) is 0 Å². The van der Waals surface area contributed by atoms with Gasteiger partial charge in [-0.2, -0.15) is 0 Å². The molecule has 2 aromatic carbocycles. The van der Waals surface area contributed by atoms with Crippen LogP contribution in [0.15, 0.2) is 36.4 Å². The Morgan fingerprint density at radius 3 is 2.03 bits per heavy atom. The Bertz CT molecular complexity index is 839. The standard InChI is InChI=1S/C22H28N2O6/c1-24(2)21(26)14-30-17-9-7-16(8-10-17)23-20(25)11-6-15-12-18(27-3)22(29-5)19(13-15)28-4/h7-10,12-13H,6,11,14H2,1-5H3,(H,23,25). The minimum Gasteiger partial charge on any atom is -0.493 e. The van der Waals surface area contributed by atoms with Crippen LogP contribution in [-0.2, 0) is 16.0 Å². The number of hydrogen-bond donors (Lipinski definition) is 1. The Hall–Kier alpha value is -3.42. The van der Waals surface area contributed by atoms with Gasteiger partial charge in [-0.15, -0.1) is 0 Å². The highest BCUT2D eigenvalue weighted by atomic mass is 16.5. The van der Waals surface area contributed by atoms with Crippen molar-refractivity contribution in [2.24, 2.45) is 0 Å². The Balaban J connectivity index is 1.91. The molecule has 0 spiro atoms. The van der Waals surface area contributed by atoms with E-state index in [0.29, 0.717) is 35.1 Å². The van der Waals surface area contributed by atoms with E-state index >= 15 is 0 Å². The molecule has 0 aromatic heterocycles. The highest BCUT2D eigenvalue weighted by molar-refractivity contribution is 5.90. The maximum atomic E-state index is 12.3. The molecule has 8 nitrogen and oxygen atoms in total. The van der Waals surface area contributed by atoms with E-state index in [1.165, 1.54) is 4.90 Å². The van der Waals surface area contributed by atoms with Crippen molar-refractivity contribution in [3.8, 4) is 23.0 Å². The first kappa shape index (κ1) is 22.9. The molecule has 0 saturated heterocycles. The van der Waals surface area contributed by atoms with Crippen molar-refractivity contribution in [2.75, 3.05) is 47.3 Å². The number of carbonyl (C=O) groups excluding carboxylic acids is 2. The fraction of sp³-hybridized carbons (Fsp3) is 0.364. The van der Waals surface area contributed by atoms with Gasteiger partial charge in [0.2, 0.25) is 11.7 Å². The summed E-state index contributed by atoms with van der Waals surface area (Å²) >= 11 is 0. The van der Waals surface area contributed by atoms with E-state index in [1.807, 2.05) is 12.1 Å². The Kier molecular flexibility index (Phi) is 8.34. The summed E-state index contributed by atoms with van der Waals surface area (Å²) in [4.78, 5) is 25.3. The zero-order chi connectivity index (χ0) is 22.1. The Labute approximate surface area is 176 Å². The second kappa shape index (κ2) is 10.9. The van der Waals surface area contributed by atoms with Gasteiger partial charge in [0.25, 0.3) is 5.91 Å². The summed E-state index contributed by atoms with van der Waals surface area (Å²) in [5, 5.41) is 2.85. The number of likely N-dealkylation sites (N-methyl/N-ethyl adjacent to an activating group) is 1. The lowest BCUT2D eigenvalue weighted by Gasteiger charge is -2.14. The summed E-state index contributed by atoms with van der Waals surface area (Å²) in [6.07, 6.45) is 0.796. The van der Waals surface area contributed by atoms with E-state index in [0.717, 1.165) is 5.56 Å². The highest BCUT2D eigenvalue weighted by Crippen LogP contribution is 2.38. The molecule has 8 heteroatoms. The average Bonchev–Trinajstić information content (AvgIpc) is 2.75.